The molecule has 0 unspecified atom stereocenters. The molecule has 0 bridgehead atoms. The summed E-state index contributed by atoms with van der Waals surface area (Å²) in [6.07, 6.45) is 1.21. The maximum Gasteiger partial charge on any atom is 0.492 e. The monoisotopic (exact) mass is 554 g/mol. The molecule has 5 rings (SSSR count). The van der Waals surface area contributed by atoms with Crippen LogP contribution in [0, 0.1) is 0 Å². The largest absolute Gasteiger partial charge is 0.492 e. The van der Waals surface area contributed by atoms with Crippen molar-refractivity contribution in [3.8, 4) is 11.1 Å². The van der Waals surface area contributed by atoms with Gasteiger partial charge in [0.1, 0.15) is 6.61 Å². The van der Waals surface area contributed by atoms with Crippen molar-refractivity contribution in [2.75, 3.05) is 26.0 Å². The Labute approximate surface area is 241 Å². The van der Waals surface area contributed by atoms with Gasteiger partial charge in [0.2, 0.25) is 0 Å². The lowest BCUT2D eigenvalue weighted by Crippen LogP contribution is -2.41. The number of ether oxygens (including phenoxy) is 2. The second kappa shape index (κ2) is 11.1. The van der Waals surface area contributed by atoms with Crippen LogP contribution in [0.1, 0.15) is 60.7 Å². The van der Waals surface area contributed by atoms with E-state index in [0.717, 1.165) is 22.3 Å². The van der Waals surface area contributed by atoms with Crippen molar-refractivity contribution in [3.63, 3.8) is 0 Å². The van der Waals surface area contributed by atoms with E-state index in [1.54, 1.807) is 24.3 Å². The summed E-state index contributed by atoms with van der Waals surface area (Å²) in [6, 6.07) is 21.3. The van der Waals surface area contributed by atoms with Crippen LogP contribution < -0.4 is 11.1 Å². The summed E-state index contributed by atoms with van der Waals surface area (Å²) in [6.45, 7) is 8.09. The number of hydrogen-bond acceptors (Lipinski definition) is 7. The Hall–Kier alpha value is -4.08. The molecule has 1 fully saturated rings. The number of alkyl carbamates (subject to hydrolysis) is 1. The van der Waals surface area contributed by atoms with E-state index in [2.05, 4.69) is 29.6 Å². The highest BCUT2D eigenvalue weighted by Crippen LogP contribution is 2.44. The van der Waals surface area contributed by atoms with Gasteiger partial charge in [-0.3, -0.25) is 0 Å². The second-order valence-corrected chi connectivity index (χ2v) is 11.3. The number of anilines is 1. The van der Waals surface area contributed by atoms with Gasteiger partial charge in [-0.15, -0.1) is 0 Å². The van der Waals surface area contributed by atoms with Gasteiger partial charge in [-0.2, -0.15) is 0 Å². The van der Waals surface area contributed by atoms with E-state index in [9.17, 15) is 9.59 Å². The lowest BCUT2D eigenvalue weighted by molar-refractivity contribution is 0.00578. The van der Waals surface area contributed by atoms with Gasteiger partial charge in [-0.25, -0.2) is 9.59 Å². The number of nitrogens with one attached hydrogen (secondary N) is 1. The summed E-state index contributed by atoms with van der Waals surface area (Å²) >= 11 is 0. The van der Waals surface area contributed by atoms with E-state index < -0.39 is 30.4 Å². The predicted molar refractivity (Wildman–Crippen MR) is 159 cm³/mol. The third-order valence-electron chi connectivity index (χ3n) is 8.19. The molecule has 0 radical (unpaired) electrons. The Bertz CT molecular complexity index is 1450. The molecule has 0 atom stereocenters. The average Bonchev–Trinajstić information content (AvgIpc) is 3.39. The number of carbonyl (C=O) groups is 2. The molecule has 2 aliphatic rings. The minimum atomic E-state index is -0.755. The summed E-state index contributed by atoms with van der Waals surface area (Å²) in [5.74, 6) is -0.527. The molecule has 0 saturated carbocycles. The minimum Gasteiger partial charge on any atom is -0.465 e. The minimum absolute atomic E-state index is 0.0490. The van der Waals surface area contributed by atoms with Gasteiger partial charge in [0.15, 0.2) is 0 Å². The fourth-order valence-corrected chi connectivity index (χ4v) is 5.16. The third-order valence-corrected chi connectivity index (χ3v) is 8.19. The number of hydrogen-bond donors (Lipinski definition) is 2. The molecule has 3 aromatic rings. The number of fused-ring (bicyclic) bond motifs is 3. The first-order valence-electron chi connectivity index (χ1n) is 13.6. The molecule has 0 spiro atoms. The molecular weight excluding hydrogens is 519 g/mol. The van der Waals surface area contributed by atoms with Crippen LogP contribution in [-0.2, 0) is 18.8 Å². The first-order chi connectivity index (χ1) is 19.5. The number of nitrogen functional groups attached to an aromatic ring is 1. The van der Waals surface area contributed by atoms with E-state index in [1.807, 2.05) is 52.0 Å². The number of methoxy groups -OCH3 is 1. The highest BCUT2D eigenvalue weighted by Gasteiger charge is 2.52. The molecule has 1 heterocycles. The van der Waals surface area contributed by atoms with Crippen molar-refractivity contribution >= 4 is 30.9 Å². The molecule has 1 saturated heterocycles. The van der Waals surface area contributed by atoms with Crippen LogP contribution in [0.25, 0.3) is 17.2 Å². The lowest BCUT2D eigenvalue weighted by Gasteiger charge is -2.32. The van der Waals surface area contributed by atoms with Gasteiger partial charge in [-0.1, -0.05) is 54.6 Å². The van der Waals surface area contributed by atoms with Gasteiger partial charge in [0.25, 0.3) is 0 Å². The van der Waals surface area contributed by atoms with Crippen molar-refractivity contribution < 1.29 is 28.4 Å². The van der Waals surface area contributed by atoms with Crippen LogP contribution in [0.5, 0.6) is 0 Å². The quantitative estimate of drug-likeness (QED) is 0.222. The zero-order valence-electron chi connectivity index (χ0n) is 24.0. The number of nitrogens with two attached hydrogens (primary N) is 1. The Kier molecular flexibility index (Phi) is 7.68. The zero-order chi connectivity index (χ0) is 29.4. The Morgan fingerprint density at radius 2 is 1.54 bits per heavy atom. The molecule has 1 aliphatic carbocycles. The first kappa shape index (κ1) is 28.5. The number of benzene rings is 3. The smallest absolute Gasteiger partial charge is 0.465 e. The average molecular weight is 554 g/mol. The van der Waals surface area contributed by atoms with Gasteiger partial charge < -0.3 is 29.8 Å². The number of amides is 1. The van der Waals surface area contributed by atoms with Gasteiger partial charge in [0, 0.05) is 18.2 Å². The van der Waals surface area contributed by atoms with E-state index in [0.29, 0.717) is 22.3 Å². The maximum absolute atomic E-state index is 13.0. The van der Waals surface area contributed by atoms with Crippen LogP contribution >= 0.6 is 0 Å². The van der Waals surface area contributed by atoms with Gasteiger partial charge in [-0.05, 0) is 79.2 Å². The van der Waals surface area contributed by atoms with E-state index in [4.69, 9.17) is 24.5 Å². The first-order valence-corrected chi connectivity index (χ1v) is 13.6. The van der Waals surface area contributed by atoms with Crippen molar-refractivity contribution in [3.05, 3.63) is 94.5 Å². The normalized spacial score (nSPS) is 17.1. The van der Waals surface area contributed by atoms with Crippen molar-refractivity contribution in [2.24, 2.45) is 0 Å². The molecule has 0 aromatic heterocycles. The third kappa shape index (κ3) is 5.60. The summed E-state index contributed by atoms with van der Waals surface area (Å²) in [5, 5.41) is 2.85. The molecular formula is C32H35BN2O6. The standard InChI is InChI=1S/C32H35BN2O6/c1-31(2)32(3,4)41-33(40-31)22(17-21-16-20(29(36)38-5)14-15-28(21)34)18-35-30(37)39-19-27-25-12-8-6-10-23(25)24-11-7-9-13-26(24)27/h6-17,27H,18-19,34H2,1-5H3,(H,35,37). The van der Waals surface area contributed by atoms with Crippen LogP contribution in [0.15, 0.2) is 72.2 Å². The summed E-state index contributed by atoms with van der Waals surface area (Å²) < 4.78 is 23.1. The van der Waals surface area contributed by atoms with E-state index in [-0.39, 0.29) is 19.1 Å². The Balaban J connectivity index is 1.34. The molecule has 41 heavy (non-hydrogen) atoms. The molecule has 3 N–H and O–H groups in total. The number of rotatable bonds is 7. The molecule has 212 valence electrons. The number of esters is 1. The van der Waals surface area contributed by atoms with Crippen molar-refractivity contribution in [1.29, 1.82) is 0 Å². The molecule has 1 amide bonds. The highest BCUT2D eigenvalue weighted by molar-refractivity contribution is 6.56. The SMILES string of the molecule is COC(=O)c1ccc(N)c(C=C(CNC(=O)OCC2c3ccccc3-c3ccccc32)B2OC(C)(C)C(C)(C)O2)c1. The van der Waals surface area contributed by atoms with Crippen LogP contribution in [0.3, 0.4) is 0 Å². The lowest BCUT2D eigenvalue weighted by atomic mass is 9.76. The molecule has 1 aliphatic heterocycles. The van der Waals surface area contributed by atoms with Gasteiger partial charge >= 0.3 is 19.2 Å². The molecule has 3 aromatic carbocycles. The molecule has 9 heteroatoms. The topological polar surface area (TPSA) is 109 Å². The van der Waals surface area contributed by atoms with E-state index in [1.165, 1.54) is 7.11 Å². The summed E-state index contributed by atoms with van der Waals surface area (Å²) in [7, 11) is 0.567. The Morgan fingerprint density at radius 3 is 2.12 bits per heavy atom. The van der Waals surface area contributed by atoms with E-state index >= 15 is 0 Å². The molecule has 8 nitrogen and oxygen atoms in total. The fourth-order valence-electron chi connectivity index (χ4n) is 5.16. The fraction of sp³-hybridized carbons (Fsp3) is 0.312. The summed E-state index contributed by atoms with van der Waals surface area (Å²) in [5.41, 5.74) is 11.6. The maximum atomic E-state index is 13.0. The zero-order valence-corrected chi connectivity index (χ0v) is 24.0. The Morgan fingerprint density at radius 1 is 0.951 bits per heavy atom. The predicted octanol–water partition coefficient (Wildman–Crippen LogP) is 5.61. The van der Waals surface area contributed by atoms with Crippen LogP contribution in [0.2, 0.25) is 0 Å². The second-order valence-electron chi connectivity index (χ2n) is 11.3. The van der Waals surface area contributed by atoms with Crippen LogP contribution in [-0.4, -0.2) is 50.6 Å². The van der Waals surface area contributed by atoms with Crippen molar-refractivity contribution in [1.82, 2.24) is 5.32 Å². The highest BCUT2D eigenvalue weighted by atomic mass is 16.7. The van der Waals surface area contributed by atoms with Gasteiger partial charge in [0.05, 0.1) is 23.9 Å². The van der Waals surface area contributed by atoms with Crippen molar-refractivity contribution in [2.45, 2.75) is 44.8 Å². The van der Waals surface area contributed by atoms with Crippen LogP contribution in [0.4, 0.5) is 10.5 Å². The number of carbonyl (C=O) groups excluding carboxylic acids is 2. The summed E-state index contributed by atoms with van der Waals surface area (Å²) in [4.78, 5) is 25.1.